The fraction of sp³-hybridized carbons (Fsp3) is 0.548. The highest BCUT2D eigenvalue weighted by molar-refractivity contribution is 5.79. The van der Waals surface area contributed by atoms with Gasteiger partial charge in [0.15, 0.2) is 6.29 Å². The number of methoxy groups -OCH3 is 1. The highest BCUT2D eigenvalue weighted by Gasteiger charge is 2.46. The summed E-state index contributed by atoms with van der Waals surface area (Å²) < 4.78 is 27.6. The number of nitrogens with zero attached hydrogens (tertiary/aromatic N) is 6. The van der Waals surface area contributed by atoms with E-state index in [2.05, 4.69) is 9.97 Å². The molecule has 2 N–H and O–H groups in total. The Morgan fingerprint density at radius 1 is 0.830 bits per heavy atom. The lowest BCUT2D eigenvalue weighted by Crippen LogP contribution is -2.60. The van der Waals surface area contributed by atoms with E-state index in [0.717, 1.165) is 35.5 Å². The molecule has 16 nitrogen and oxygen atoms in total. The number of nitro benzene ring substituents is 2. The maximum atomic E-state index is 11.1. The molecule has 4 aromatic rings. The minimum absolute atomic E-state index is 0.00248. The van der Waals surface area contributed by atoms with Crippen LogP contribution in [0.4, 0.5) is 11.4 Å². The van der Waals surface area contributed by atoms with Crippen molar-refractivity contribution in [3.63, 3.8) is 0 Å². The number of non-ortho nitro benzene ring substituents is 2. The van der Waals surface area contributed by atoms with Gasteiger partial charge in [0.2, 0.25) is 0 Å². The van der Waals surface area contributed by atoms with Crippen LogP contribution in [0.3, 0.4) is 0 Å². The summed E-state index contributed by atoms with van der Waals surface area (Å²) in [6.07, 6.45) is -1.70. The van der Waals surface area contributed by atoms with E-state index >= 15 is 0 Å². The second-order valence-electron chi connectivity index (χ2n) is 11.5. The minimum Gasteiger partial charge on any atom is -0.394 e. The summed E-state index contributed by atoms with van der Waals surface area (Å²) in [7, 11) is 1.47. The maximum Gasteiger partial charge on any atom is 0.271 e. The van der Waals surface area contributed by atoms with Gasteiger partial charge in [-0.15, -0.1) is 0 Å². The van der Waals surface area contributed by atoms with Gasteiger partial charge in [-0.2, -0.15) is 0 Å². The van der Waals surface area contributed by atoms with E-state index in [1.165, 1.54) is 31.4 Å². The van der Waals surface area contributed by atoms with Crippen LogP contribution in [0.5, 0.6) is 0 Å². The van der Waals surface area contributed by atoms with Crippen LogP contribution in [0.25, 0.3) is 22.1 Å². The highest BCUT2D eigenvalue weighted by Crippen LogP contribution is 2.28. The van der Waals surface area contributed by atoms with Gasteiger partial charge in [-0.25, -0.2) is 9.97 Å². The normalized spacial score (nSPS) is 21.5. The fourth-order valence-corrected chi connectivity index (χ4v) is 6.05. The van der Waals surface area contributed by atoms with Gasteiger partial charge < -0.3 is 38.3 Å². The Hall–Kier alpha value is -4.06. The number of ether oxygens (including phenoxy) is 4. The number of nitro groups is 2. The molecule has 5 atom stereocenters. The van der Waals surface area contributed by atoms with E-state index in [0.29, 0.717) is 50.2 Å². The Labute approximate surface area is 270 Å². The molecule has 1 saturated heterocycles. The van der Waals surface area contributed by atoms with Gasteiger partial charge >= 0.3 is 0 Å². The first-order valence-corrected chi connectivity index (χ1v) is 15.6. The molecule has 2 aromatic carbocycles. The Balaban J connectivity index is 1.14. The number of unbranched alkanes of at least 4 members (excludes halogenated alkanes) is 2. The third-order valence-electron chi connectivity index (χ3n) is 8.47. The van der Waals surface area contributed by atoms with Crippen molar-refractivity contribution in [2.75, 3.05) is 26.9 Å². The standard InChI is InChI=1S/C31H40N6O10/c1-19-32-23-16-21(36(40)41)8-10-25(23)34(19)12-4-6-14-45-29-28(39)27(18-38)47-31(44-3)30(29)46-15-7-5-13-35-20(2)33-24-17-22(37(42)43)9-11-26(24)35/h8-11,16-17,27-31,38-39H,4-7,12-15,18H2,1-3H3/t27-,28-,29+,30-,31+/m1/s1. The van der Waals surface area contributed by atoms with Crippen LogP contribution in [-0.2, 0) is 32.0 Å². The molecule has 0 bridgehead atoms. The quantitative estimate of drug-likeness (QED) is 0.101. The summed E-state index contributed by atoms with van der Waals surface area (Å²) >= 11 is 0. The zero-order chi connectivity index (χ0) is 33.7. The van der Waals surface area contributed by atoms with Crippen molar-refractivity contribution in [3.05, 3.63) is 68.3 Å². The third kappa shape index (κ3) is 7.58. The topological polar surface area (TPSA) is 199 Å². The highest BCUT2D eigenvalue weighted by atomic mass is 16.7. The Morgan fingerprint density at radius 3 is 1.77 bits per heavy atom. The van der Waals surface area contributed by atoms with Crippen LogP contribution < -0.4 is 0 Å². The van der Waals surface area contributed by atoms with Gasteiger partial charge in [0.1, 0.15) is 36.1 Å². The number of imidazole rings is 2. The second kappa shape index (κ2) is 15.2. The average molecular weight is 657 g/mol. The number of benzene rings is 2. The van der Waals surface area contributed by atoms with Crippen LogP contribution in [0.1, 0.15) is 37.3 Å². The summed E-state index contributed by atoms with van der Waals surface area (Å²) in [5, 5.41) is 43.0. The van der Waals surface area contributed by atoms with Crippen molar-refractivity contribution in [2.45, 2.75) is 83.3 Å². The molecule has 1 fully saturated rings. The molecule has 47 heavy (non-hydrogen) atoms. The molecule has 3 heterocycles. The van der Waals surface area contributed by atoms with Crippen molar-refractivity contribution in [3.8, 4) is 0 Å². The SMILES string of the molecule is CO[C@H]1O[C@H](CO)[C@@H](O)[C@H](OCCCCn2c(C)nc3cc([N+](=O)[O-])ccc32)[C@H]1OCCCCn1c(C)nc2cc([N+](=O)[O-])ccc21. The second-order valence-corrected chi connectivity index (χ2v) is 11.5. The number of aryl methyl sites for hydroxylation is 4. The molecular weight excluding hydrogens is 616 g/mol. The van der Waals surface area contributed by atoms with Gasteiger partial charge in [-0.3, -0.25) is 20.2 Å². The summed E-state index contributed by atoms with van der Waals surface area (Å²) in [6, 6.07) is 9.29. The van der Waals surface area contributed by atoms with Crippen molar-refractivity contribution in [1.82, 2.24) is 19.1 Å². The fourth-order valence-electron chi connectivity index (χ4n) is 6.05. The summed E-state index contributed by atoms with van der Waals surface area (Å²) in [5.41, 5.74) is 2.77. The molecule has 5 rings (SSSR count). The molecule has 0 radical (unpaired) electrons. The zero-order valence-electron chi connectivity index (χ0n) is 26.6. The van der Waals surface area contributed by atoms with Gasteiger partial charge in [0.25, 0.3) is 11.4 Å². The number of aromatic nitrogens is 4. The molecule has 2 aromatic heterocycles. The van der Waals surface area contributed by atoms with Crippen LogP contribution in [0.15, 0.2) is 36.4 Å². The van der Waals surface area contributed by atoms with Crippen LogP contribution in [0.2, 0.25) is 0 Å². The van der Waals surface area contributed by atoms with Gasteiger partial charge in [0.05, 0.1) is 38.5 Å². The first-order valence-electron chi connectivity index (χ1n) is 15.6. The number of fused-ring (bicyclic) bond motifs is 2. The van der Waals surface area contributed by atoms with E-state index in [4.69, 9.17) is 18.9 Å². The largest absolute Gasteiger partial charge is 0.394 e. The number of rotatable bonds is 16. The zero-order valence-corrected chi connectivity index (χ0v) is 26.6. The Morgan fingerprint density at radius 2 is 1.32 bits per heavy atom. The summed E-state index contributed by atoms with van der Waals surface area (Å²) in [4.78, 5) is 30.3. The maximum absolute atomic E-state index is 11.1. The van der Waals surface area contributed by atoms with E-state index in [9.17, 15) is 30.4 Å². The van der Waals surface area contributed by atoms with Crippen molar-refractivity contribution in [2.24, 2.45) is 0 Å². The van der Waals surface area contributed by atoms with Crippen molar-refractivity contribution in [1.29, 1.82) is 0 Å². The molecule has 16 heteroatoms. The lowest BCUT2D eigenvalue weighted by molar-refractivity contribution is -0.384. The number of hydrogen-bond acceptors (Lipinski definition) is 12. The molecule has 1 aliphatic rings. The molecule has 0 amide bonds. The predicted octanol–water partition coefficient (Wildman–Crippen LogP) is 3.57. The van der Waals surface area contributed by atoms with Gasteiger partial charge in [0, 0.05) is 57.7 Å². The summed E-state index contributed by atoms with van der Waals surface area (Å²) in [5.74, 6) is 1.51. The van der Waals surface area contributed by atoms with Crippen molar-refractivity contribution < 1.29 is 39.0 Å². The lowest BCUT2D eigenvalue weighted by Gasteiger charge is -2.43. The van der Waals surface area contributed by atoms with Crippen molar-refractivity contribution >= 4 is 33.4 Å². The van der Waals surface area contributed by atoms with Gasteiger partial charge in [-0.1, -0.05) is 0 Å². The van der Waals surface area contributed by atoms with E-state index in [-0.39, 0.29) is 11.4 Å². The van der Waals surface area contributed by atoms with Crippen LogP contribution in [-0.4, -0.2) is 96.8 Å². The van der Waals surface area contributed by atoms with Gasteiger partial charge in [-0.05, 0) is 51.7 Å². The number of aliphatic hydroxyl groups is 2. The average Bonchev–Trinajstić information content (AvgIpc) is 3.54. The molecule has 0 saturated carbocycles. The van der Waals surface area contributed by atoms with Crippen LogP contribution >= 0.6 is 0 Å². The first kappa shape index (κ1) is 34.3. The minimum atomic E-state index is -1.14. The monoisotopic (exact) mass is 656 g/mol. The van der Waals surface area contributed by atoms with E-state index in [1.54, 1.807) is 12.1 Å². The smallest absolute Gasteiger partial charge is 0.271 e. The Bertz CT molecular complexity index is 1710. The molecule has 0 unspecified atom stereocenters. The molecule has 0 aliphatic carbocycles. The summed E-state index contributed by atoms with van der Waals surface area (Å²) in [6.45, 7) is 5.19. The molecule has 1 aliphatic heterocycles. The molecular formula is C31H40N6O10. The van der Waals surface area contributed by atoms with E-state index in [1.807, 2.05) is 23.0 Å². The number of hydrogen-bond donors (Lipinski definition) is 2. The third-order valence-corrected chi connectivity index (χ3v) is 8.47. The Kier molecular flexibility index (Phi) is 11.1. The predicted molar refractivity (Wildman–Crippen MR) is 169 cm³/mol. The molecule has 0 spiro atoms. The molecule has 254 valence electrons. The van der Waals surface area contributed by atoms with Crippen LogP contribution in [0, 0.1) is 34.1 Å². The number of aliphatic hydroxyl groups excluding tert-OH is 2. The lowest BCUT2D eigenvalue weighted by atomic mass is 9.98. The van der Waals surface area contributed by atoms with E-state index < -0.39 is 47.2 Å². The first-order chi connectivity index (χ1) is 22.6.